The molecule has 1 heterocycles. The molecule has 0 spiro atoms. The second-order valence-electron chi connectivity index (χ2n) is 5.39. The standard InChI is InChI=1S/C18H17N3O2/c1-12-7-3-5-9-15(12)19-18(22)17(20-23)14-11-21(2)16-10-6-4-8-13(14)16/h3-11,23H,1-2H3,(H,19,22)/b20-17-. The average molecular weight is 307 g/mol. The maximum absolute atomic E-state index is 12.5. The van der Waals surface area contributed by atoms with Crippen LogP contribution in [-0.4, -0.2) is 21.4 Å². The number of carbonyl (C=O) groups is 1. The minimum atomic E-state index is -0.446. The van der Waals surface area contributed by atoms with E-state index in [9.17, 15) is 10.0 Å². The van der Waals surface area contributed by atoms with E-state index in [4.69, 9.17) is 0 Å². The van der Waals surface area contributed by atoms with Crippen molar-refractivity contribution in [3.8, 4) is 0 Å². The van der Waals surface area contributed by atoms with Gasteiger partial charge in [-0.1, -0.05) is 41.6 Å². The molecule has 0 aliphatic carbocycles. The summed E-state index contributed by atoms with van der Waals surface area (Å²) < 4.78 is 1.90. The van der Waals surface area contributed by atoms with Crippen molar-refractivity contribution in [2.75, 3.05) is 5.32 Å². The predicted octanol–water partition coefficient (Wildman–Crippen LogP) is 3.30. The third-order valence-corrected chi connectivity index (χ3v) is 3.86. The summed E-state index contributed by atoms with van der Waals surface area (Å²) in [5, 5.41) is 16.3. The first-order valence-electron chi connectivity index (χ1n) is 7.25. The van der Waals surface area contributed by atoms with E-state index in [1.807, 2.05) is 67.1 Å². The third-order valence-electron chi connectivity index (χ3n) is 3.86. The molecule has 0 saturated heterocycles. The van der Waals surface area contributed by atoms with Gasteiger partial charge in [0.1, 0.15) is 0 Å². The van der Waals surface area contributed by atoms with Gasteiger partial charge in [-0.2, -0.15) is 0 Å². The van der Waals surface area contributed by atoms with Crippen LogP contribution in [0.3, 0.4) is 0 Å². The number of hydrogen-bond donors (Lipinski definition) is 2. The van der Waals surface area contributed by atoms with Gasteiger partial charge in [0.05, 0.1) is 0 Å². The van der Waals surface area contributed by atoms with Crippen LogP contribution >= 0.6 is 0 Å². The van der Waals surface area contributed by atoms with Crippen LogP contribution in [-0.2, 0) is 11.8 Å². The number of fused-ring (bicyclic) bond motifs is 1. The van der Waals surface area contributed by atoms with Crippen molar-refractivity contribution in [3.05, 3.63) is 65.9 Å². The molecule has 116 valence electrons. The normalized spacial score (nSPS) is 11.7. The van der Waals surface area contributed by atoms with Gasteiger partial charge in [0.25, 0.3) is 5.91 Å². The number of para-hydroxylation sites is 2. The van der Waals surface area contributed by atoms with Gasteiger partial charge in [-0.05, 0) is 24.6 Å². The molecule has 5 heteroatoms. The Morgan fingerprint density at radius 3 is 2.57 bits per heavy atom. The highest BCUT2D eigenvalue weighted by Gasteiger charge is 2.20. The first-order valence-corrected chi connectivity index (χ1v) is 7.25. The van der Waals surface area contributed by atoms with Crippen LogP contribution in [0.2, 0.25) is 0 Å². The summed E-state index contributed by atoms with van der Waals surface area (Å²) >= 11 is 0. The van der Waals surface area contributed by atoms with Gasteiger partial charge in [0, 0.05) is 35.4 Å². The van der Waals surface area contributed by atoms with E-state index < -0.39 is 5.91 Å². The molecule has 0 atom stereocenters. The van der Waals surface area contributed by atoms with E-state index in [2.05, 4.69) is 10.5 Å². The number of oxime groups is 1. The molecule has 23 heavy (non-hydrogen) atoms. The summed E-state index contributed by atoms with van der Waals surface area (Å²) in [7, 11) is 1.89. The van der Waals surface area contributed by atoms with Gasteiger partial charge in [0.15, 0.2) is 5.71 Å². The number of anilines is 1. The SMILES string of the molecule is Cc1ccccc1NC(=O)/C(=N\O)c1cn(C)c2ccccc12. The van der Waals surface area contributed by atoms with Crippen LogP contribution in [0.5, 0.6) is 0 Å². The summed E-state index contributed by atoms with van der Waals surface area (Å²) in [4.78, 5) is 12.5. The number of rotatable bonds is 3. The molecule has 0 saturated carbocycles. The Balaban J connectivity index is 1.99. The number of nitrogens with zero attached hydrogens (tertiary/aromatic N) is 2. The second-order valence-corrected chi connectivity index (χ2v) is 5.39. The largest absolute Gasteiger partial charge is 0.410 e. The smallest absolute Gasteiger partial charge is 0.278 e. The molecule has 3 rings (SSSR count). The highest BCUT2D eigenvalue weighted by atomic mass is 16.4. The van der Waals surface area contributed by atoms with Crippen molar-refractivity contribution in [1.82, 2.24) is 4.57 Å². The lowest BCUT2D eigenvalue weighted by atomic mass is 10.1. The molecule has 0 aliphatic rings. The molecular formula is C18H17N3O2. The fourth-order valence-corrected chi connectivity index (χ4v) is 2.65. The first-order chi connectivity index (χ1) is 11.1. The zero-order chi connectivity index (χ0) is 16.4. The Morgan fingerprint density at radius 2 is 1.83 bits per heavy atom. The molecule has 0 unspecified atom stereocenters. The van der Waals surface area contributed by atoms with Gasteiger partial charge < -0.3 is 15.1 Å². The van der Waals surface area contributed by atoms with E-state index in [-0.39, 0.29) is 5.71 Å². The van der Waals surface area contributed by atoms with E-state index >= 15 is 0 Å². The van der Waals surface area contributed by atoms with E-state index in [1.54, 1.807) is 6.20 Å². The predicted molar refractivity (Wildman–Crippen MR) is 91.1 cm³/mol. The van der Waals surface area contributed by atoms with Crippen molar-refractivity contribution >= 4 is 28.2 Å². The lowest BCUT2D eigenvalue weighted by Crippen LogP contribution is -2.24. The Bertz CT molecular complexity index is 910. The fourth-order valence-electron chi connectivity index (χ4n) is 2.65. The summed E-state index contributed by atoms with van der Waals surface area (Å²) in [5.74, 6) is -0.446. The molecule has 0 aliphatic heterocycles. The highest BCUT2D eigenvalue weighted by Crippen LogP contribution is 2.22. The number of carbonyl (C=O) groups excluding carboxylic acids is 1. The van der Waals surface area contributed by atoms with Crippen LogP contribution in [0.1, 0.15) is 11.1 Å². The summed E-state index contributed by atoms with van der Waals surface area (Å²) in [6, 6.07) is 15.1. The third kappa shape index (κ3) is 2.68. The Kier molecular flexibility index (Phi) is 3.85. The maximum Gasteiger partial charge on any atom is 0.278 e. The summed E-state index contributed by atoms with van der Waals surface area (Å²) in [6.07, 6.45) is 1.79. The average Bonchev–Trinajstić information content (AvgIpc) is 2.88. The number of aryl methyl sites for hydroxylation is 2. The highest BCUT2D eigenvalue weighted by molar-refractivity contribution is 6.50. The maximum atomic E-state index is 12.5. The first kappa shape index (κ1) is 14.8. The lowest BCUT2D eigenvalue weighted by Gasteiger charge is -2.08. The number of benzene rings is 2. The molecule has 5 nitrogen and oxygen atoms in total. The zero-order valence-corrected chi connectivity index (χ0v) is 12.9. The van der Waals surface area contributed by atoms with Crippen LogP contribution in [0.25, 0.3) is 10.9 Å². The molecule has 2 aromatic carbocycles. The van der Waals surface area contributed by atoms with Crippen molar-refractivity contribution in [1.29, 1.82) is 0 Å². The Morgan fingerprint density at radius 1 is 1.13 bits per heavy atom. The molecular weight excluding hydrogens is 290 g/mol. The second kappa shape index (κ2) is 5.96. The van der Waals surface area contributed by atoms with E-state index in [1.165, 1.54) is 0 Å². The zero-order valence-electron chi connectivity index (χ0n) is 12.9. The Labute approximate surface area is 133 Å². The molecule has 1 amide bonds. The van der Waals surface area contributed by atoms with Gasteiger partial charge in [-0.15, -0.1) is 0 Å². The quantitative estimate of drug-likeness (QED) is 0.443. The minimum absolute atomic E-state index is 0.00921. The van der Waals surface area contributed by atoms with Crippen molar-refractivity contribution < 1.29 is 10.0 Å². The van der Waals surface area contributed by atoms with Crippen LogP contribution in [0.4, 0.5) is 5.69 Å². The molecule has 1 aromatic heterocycles. The van der Waals surface area contributed by atoms with Crippen LogP contribution < -0.4 is 5.32 Å². The van der Waals surface area contributed by atoms with E-state index in [0.717, 1.165) is 16.5 Å². The van der Waals surface area contributed by atoms with Gasteiger partial charge >= 0.3 is 0 Å². The molecule has 0 bridgehead atoms. The van der Waals surface area contributed by atoms with Crippen LogP contribution in [0, 0.1) is 6.92 Å². The summed E-state index contributed by atoms with van der Waals surface area (Å²) in [5.41, 5.74) is 3.18. The fraction of sp³-hybridized carbons (Fsp3) is 0.111. The molecule has 3 aromatic rings. The number of amides is 1. The van der Waals surface area contributed by atoms with Crippen molar-refractivity contribution in [3.63, 3.8) is 0 Å². The van der Waals surface area contributed by atoms with Crippen molar-refractivity contribution in [2.45, 2.75) is 6.92 Å². The number of aromatic nitrogens is 1. The molecule has 2 N–H and O–H groups in total. The van der Waals surface area contributed by atoms with Gasteiger partial charge in [-0.25, -0.2) is 0 Å². The summed E-state index contributed by atoms with van der Waals surface area (Å²) in [6.45, 7) is 1.91. The van der Waals surface area contributed by atoms with Crippen molar-refractivity contribution in [2.24, 2.45) is 12.2 Å². The molecule has 0 fully saturated rings. The number of hydrogen-bond acceptors (Lipinski definition) is 3. The monoisotopic (exact) mass is 307 g/mol. The Hall–Kier alpha value is -3.08. The lowest BCUT2D eigenvalue weighted by molar-refractivity contribution is -0.110. The molecule has 0 radical (unpaired) electrons. The minimum Gasteiger partial charge on any atom is -0.410 e. The van der Waals surface area contributed by atoms with E-state index in [0.29, 0.717) is 11.3 Å². The topological polar surface area (TPSA) is 66.6 Å². The van der Waals surface area contributed by atoms with Gasteiger partial charge in [-0.3, -0.25) is 4.79 Å². The van der Waals surface area contributed by atoms with Crippen LogP contribution in [0.15, 0.2) is 59.9 Å². The van der Waals surface area contributed by atoms with Gasteiger partial charge in [0.2, 0.25) is 0 Å². The number of nitrogens with one attached hydrogen (secondary N) is 1.